The Balaban J connectivity index is 0.000000148. The van der Waals surface area contributed by atoms with E-state index >= 15 is 0 Å². The van der Waals surface area contributed by atoms with Crippen molar-refractivity contribution in [2.75, 3.05) is 77.4 Å². The number of nitrogens with two attached hydrogens (primary N) is 1. The van der Waals surface area contributed by atoms with E-state index in [2.05, 4.69) is 309 Å². The van der Waals surface area contributed by atoms with Crippen molar-refractivity contribution >= 4 is 112 Å². The molecule has 0 aliphatic carbocycles. The highest BCUT2D eigenvalue weighted by molar-refractivity contribution is 14.1. The number of benzene rings is 10. The summed E-state index contributed by atoms with van der Waals surface area (Å²) < 4.78 is 7.43. The van der Waals surface area contributed by atoms with Crippen molar-refractivity contribution in [2.24, 2.45) is 5.84 Å². The van der Waals surface area contributed by atoms with Crippen LogP contribution >= 0.6 is 45.2 Å². The molecular weight excluding hydrogens is 1460 g/mol. The van der Waals surface area contributed by atoms with Crippen LogP contribution in [0.25, 0.3) is 77.9 Å². The summed E-state index contributed by atoms with van der Waals surface area (Å²) >= 11 is 4.59. The number of hydrogen-bond donors (Lipinski definition) is 3. The number of aromatic amines is 1. The van der Waals surface area contributed by atoms with Gasteiger partial charge >= 0.3 is 0 Å². The molecule has 0 atom stereocenters. The minimum atomic E-state index is 0. The first-order chi connectivity index (χ1) is 49.2. The van der Waals surface area contributed by atoms with Crippen molar-refractivity contribution in [1.29, 1.82) is 0 Å². The molecular formula is C89H95I2N9O. The second kappa shape index (κ2) is 35.5. The Kier molecular flexibility index (Phi) is 25.2. The van der Waals surface area contributed by atoms with E-state index in [0.29, 0.717) is 0 Å². The highest BCUT2D eigenvalue weighted by Crippen LogP contribution is 2.37. The number of fused-ring (bicyclic) bond motifs is 3. The van der Waals surface area contributed by atoms with E-state index in [1.165, 1.54) is 198 Å². The summed E-state index contributed by atoms with van der Waals surface area (Å²) in [5.74, 6) is 5.24. The van der Waals surface area contributed by atoms with E-state index in [-0.39, 0.29) is 13.2 Å². The number of aromatic nitrogens is 3. The van der Waals surface area contributed by atoms with Gasteiger partial charge in [0.25, 0.3) is 0 Å². The van der Waals surface area contributed by atoms with Gasteiger partial charge in [0.2, 0.25) is 0 Å². The van der Waals surface area contributed by atoms with Crippen LogP contribution in [-0.2, 0) is 0 Å². The fourth-order valence-corrected chi connectivity index (χ4v) is 15.0. The minimum absolute atomic E-state index is 0. The molecule has 4 N–H and O–H groups in total. The van der Waals surface area contributed by atoms with E-state index < -0.39 is 0 Å². The van der Waals surface area contributed by atoms with E-state index in [1.54, 1.807) is 6.92 Å². The van der Waals surface area contributed by atoms with Crippen molar-refractivity contribution in [3.8, 4) is 45.1 Å². The van der Waals surface area contributed by atoms with Crippen LogP contribution in [0.4, 0.5) is 28.4 Å². The zero-order chi connectivity index (χ0) is 68.4. The van der Waals surface area contributed by atoms with E-state index in [0.717, 1.165) is 50.5 Å². The van der Waals surface area contributed by atoms with Crippen LogP contribution in [0.3, 0.4) is 0 Å². The van der Waals surface area contributed by atoms with Crippen molar-refractivity contribution in [3.63, 3.8) is 0 Å². The van der Waals surface area contributed by atoms with Gasteiger partial charge in [0, 0.05) is 132 Å². The summed E-state index contributed by atoms with van der Waals surface area (Å²) in [5.41, 5.74) is 22.9. The van der Waals surface area contributed by atoms with Gasteiger partial charge in [0.1, 0.15) is 0 Å². The molecule has 17 rings (SSSR count). The molecule has 13 aromatic rings. The Hall–Kier alpha value is -9.09. The molecule has 4 fully saturated rings. The van der Waals surface area contributed by atoms with Crippen LogP contribution in [-0.4, -0.2) is 72.3 Å². The quantitative estimate of drug-likeness (QED) is 0.0514. The topological polar surface area (TPSA) is 93.7 Å². The van der Waals surface area contributed by atoms with Crippen LogP contribution in [0.1, 0.15) is 102 Å². The maximum absolute atomic E-state index is 11.1. The largest absolute Gasteiger partial charge is 0.372 e. The first-order valence-electron chi connectivity index (χ1n) is 35.9. The number of halogens is 2. The molecule has 10 aromatic carbocycles. The van der Waals surface area contributed by atoms with Crippen LogP contribution in [0, 0.1) is 7.14 Å². The Morgan fingerprint density at radius 2 is 0.683 bits per heavy atom. The number of para-hydroxylation sites is 4. The highest BCUT2D eigenvalue weighted by Gasteiger charge is 2.19. The number of carbonyl (C=O) groups excluding carboxylic acids is 1. The number of H-pyrrole nitrogens is 1. The lowest BCUT2D eigenvalue weighted by Crippen LogP contribution is -2.29. The van der Waals surface area contributed by atoms with Gasteiger partial charge in [-0.3, -0.25) is 10.6 Å². The molecule has 0 bridgehead atoms. The molecule has 4 saturated heterocycles. The van der Waals surface area contributed by atoms with Gasteiger partial charge in [-0.2, -0.15) is 0 Å². The van der Waals surface area contributed by atoms with Crippen molar-refractivity contribution in [2.45, 2.75) is 91.4 Å². The standard InChI is InChI=1S/C44H42N4.C19H20N2.C13H17NO.C6H4I2.C6H8N2.CH4/c1-7-27-45(28-8-1)37-19-15-33(16-20-37)43-31-35-11-3-5-13-41(35)47(43)39-23-25-40(26-24-39)48-42-14-6-4-12-36(42)32-44(48)34-17-21-38(22-18-34)46-29-9-2-10-30-46;1-4-12-21(13-5-1)17-10-8-15(9-11-17)19-14-16-6-2-3-7-18(16)20-19;1-11(15)12-5-7-13(8-6-12)14-9-3-2-4-10-14;7-5-1-2-6(8)4-3-5;7-8-6-4-2-1-3-5-6;/h3-6,11-26,31-32H,1-2,7-10,27-30H2;2-3,6-11,14,20H,1,4-5,12-13H2;5-8H,2-4,9-10H2,1H3;1-4H;1-5,8H,7H2;1H4. The predicted molar refractivity (Wildman–Crippen MR) is 448 cm³/mol. The average Bonchev–Trinajstić information content (AvgIpc) is 1.62. The number of anilines is 5. The number of Topliss-reactive ketones (excluding diaryl/α,β-unsaturated/α-hetero) is 1. The van der Waals surface area contributed by atoms with Gasteiger partial charge < -0.3 is 39.1 Å². The first kappa shape index (κ1) is 71.7. The summed E-state index contributed by atoms with van der Waals surface area (Å²) in [6.45, 7) is 11.0. The van der Waals surface area contributed by atoms with Crippen LogP contribution < -0.4 is 30.9 Å². The van der Waals surface area contributed by atoms with Crippen molar-refractivity contribution in [3.05, 3.63) is 280 Å². The zero-order valence-corrected chi connectivity index (χ0v) is 61.8. The highest BCUT2D eigenvalue weighted by atomic mass is 127. The van der Waals surface area contributed by atoms with E-state index in [9.17, 15) is 4.79 Å². The lowest BCUT2D eigenvalue weighted by molar-refractivity contribution is 0.101. The Bertz CT molecular complexity index is 4480. The van der Waals surface area contributed by atoms with E-state index in [1.807, 2.05) is 42.5 Å². The number of piperidine rings is 4. The molecule has 516 valence electrons. The molecule has 3 aromatic heterocycles. The number of nitrogens with one attached hydrogen (secondary N) is 2. The first-order valence-corrected chi connectivity index (χ1v) is 38.1. The van der Waals surface area contributed by atoms with Crippen LogP contribution in [0.15, 0.2) is 267 Å². The Morgan fingerprint density at radius 1 is 0.356 bits per heavy atom. The zero-order valence-electron chi connectivity index (χ0n) is 57.5. The van der Waals surface area contributed by atoms with Crippen molar-refractivity contribution in [1.82, 2.24) is 14.1 Å². The van der Waals surface area contributed by atoms with Gasteiger partial charge in [-0.05, 0) is 304 Å². The minimum Gasteiger partial charge on any atom is -0.372 e. The Labute approximate surface area is 625 Å². The van der Waals surface area contributed by atoms with E-state index in [4.69, 9.17) is 5.84 Å². The molecule has 12 heteroatoms. The van der Waals surface area contributed by atoms with Gasteiger partial charge in [0.15, 0.2) is 5.78 Å². The number of carbonyl (C=O) groups is 1. The third-order valence-electron chi connectivity index (χ3n) is 19.7. The molecule has 0 amide bonds. The lowest BCUT2D eigenvalue weighted by atomic mass is 10.1. The smallest absolute Gasteiger partial charge is 0.159 e. The van der Waals surface area contributed by atoms with Gasteiger partial charge in [-0.25, -0.2) is 0 Å². The molecule has 4 aliphatic heterocycles. The number of hydrazine groups is 1. The number of ketones is 1. The molecule has 0 saturated carbocycles. The second-order valence-electron chi connectivity index (χ2n) is 26.5. The predicted octanol–water partition coefficient (Wildman–Crippen LogP) is 23.1. The third kappa shape index (κ3) is 18.3. The maximum atomic E-state index is 11.1. The molecule has 7 heterocycles. The molecule has 4 aliphatic rings. The van der Waals surface area contributed by atoms with Crippen LogP contribution in [0.2, 0.25) is 0 Å². The fourth-order valence-electron chi connectivity index (χ4n) is 14.3. The van der Waals surface area contributed by atoms with Gasteiger partial charge in [-0.1, -0.05) is 117 Å². The molecule has 10 nitrogen and oxygen atoms in total. The third-order valence-corrected chi connectivity index (χ3v) is 21.2. The Morgan fingerprint density at radius 3 is 1.04 bits per heavy atom. The summed E-state index contributed by atoms with van der Waals surface area (Å²) in [5, 5.41) is 3.78. The fraction of sp³-hybridized carbons (Fsp3) is 0.247. The van der Waals surface area contributed by atoms with Gasteiger partial charge in [0.05, 0.1) is 22.4 Å². The normalized spacial score (nSPS) is 14.4. The maximum Gasteiger partial charge on any atom is 0.159 e. The molecule has 101 heavy (non-hydrogen) atoms. The molecule has 0 radical (unpaired) electrons. The van der Waals surface area contributed by atoms with Crippen molar-refractivity contribution < 1.29 is 4.79 Å². The summed E-state index contributed by atoms with van der Waals surface area (Å²) in [6, 6.07) is 95.3. The van der Waals surface area contributed by atoms with Gasteiger partial charge in [-0.15, -0.1) is 0 Å². The molecule has 0 spiro atoms. The monoisotopic (exact) mass is 1560 g/mol. The van der Waals surface area contributed by atoms with Crippen LogP contribution in [0.5, 0.6) is 0 Å². The SMILES string of the molecule is C.CC(=O)c1ccc(N2CCCCC2)cc1.Ic1ccc(I)cc1.NNc1ccccc1.c1ccc2[nH]c(-c3ccc(N4CCCCC4)cc3)cc2c1.c1ccc2c(c1)cc(-c1ccc(N3CCCCC3)cc1)n2-c1ccc(-n2c(-c3ccc(N4CCCCC4)cc3)cc3ccccc32)cc1. The summed E-state index contributed by atoms with van der Waals surface area (Å²) in [6.07, 6.45) is 15.8. The summed E-state index contributed by atoms with van der Waals surface area (Å²) in [4.78, 5) is 24.6. The molecule has 0 unspecified atom stereocenters. The number of nitrogen functional groups attached to an aromatic ring is 1. The lowest BCUT2D eigenvalue weighted by Gasteiger charge is -2.29. The summed E-state index contributed by atoms with van der Waals surface area (Å²) in [7, 11) is 0. The number of nitrogens with zero attached hydrogens (tertiary/aromatic N) is 6. The number of rotatable bonds is 11. The second-order valence-corrected chi connectivity index (χ2v) is 29.0. The average molecular weight is 1560 g/mol. The number of hydrogen-bond acceptors (Lipinski definition) is 7.